The highest BCUT2D eigenvalue weighted by atomic mass is 16.3. The summed E-state index contributed by atoms with van der Waals surface area (Å²) in [6.07, 6.45) is 8.45. The second-order valence-corrected chi connectivity index (χ2v) is 8.45. The maximum atomic E-state index is 13.3. The van der Waals surface area contributed by atoms with Crippen LogP contribution in [0.3, 0.4) is 0 Å². The van der Waals surface area contributed by atoms with Gasteiger partial charge in [0.2, 0.25) is 0 Å². The highest BCUT2D eigenvalue weighted by molar-refractivity contribution is 6.32. The molecule has 1 unspecified atom stereocenters. The predicted molar refractivity (Wildman–Crippen MR) is 132 cm³/mol. The summed E-state index contributed by atoms with van der Waals surface area (Å²) < 4.78 is 5.04. The summed E-state index contributed by atoms with van der Waals surface area (Å²) in [5, 5.41) is 4.51. The van der Waals surface area contributed by atoms with Crippen LogP contribution in [-0.4, -0.2) is 64.6 Å². The van der Waals surface area contributed by atoms with E-state index in [1.165, 1.54) is 0 Å². The zero-order valence-corrected chi connectivity index (χ0v) is 18.9. The number of rotatable bonds is 4. The first-order valence-electron chi connectivity index (χ1n) is 11.3. The molecule has 0 radical (unpaired) electrons. The molecule has 0 bridgehead atoms. The highest BCUT2D eigenvalue weighted by Gasteiger charge is 2.40. The molecule has 0 spiro atoms. The number of benzene rings is 1. The van der Waals surface area contributed by atoms with Gasteiger partial charge in [0, 0.05) is 55.4 Å². The monoisotopic (exact) mass is 467 g/mol. The molecule has 2 N–H and O–H groups in total. The van der Waals surface area contributed by atoms with Crippen molar-refractivity contribution in [1.29, 1.82) is 0 Å². The Labute approximate surface area is 201 Å². The van der Waals surface area contributed by atoms with Gasteiger partial charge in [-0.1, -0.05) is 12.1 Å². The molecule has 1 saturated heterocycles. The molecule has 1 fully saturated rings. The van der Waals surface area contributed by atoms with Crippen LogP contribution in [0.4, 0.5) is 5.69 Å². The fourth-order valence-corrected chi connectivity index (χ4v) is 4.36. The van der Waals surface area contributed by atoms with E-state index >= 15 is 0 Å². The molecule has 5 heterocycles. The van der Waals surface area contributed by atoms with Gasteiger partial charge in [0.05, 0.1) is 6.26 Å². The van der Waals surface area contributed by atoms with Gasteiger partial charge in [0.25, 0.3) is 17.6 Å². The van der Waals surface area contributed by atoms with Gasteiger partial charge < -0.3 is 14.2 Å². The zero-order valence-electron chi connectivity index (χ0n) is 18.9. The van der Waals surface area contributed by atoms with Crippen LogP contribution in [-0.2, 0) is 0 Å². The Kier molecular flexibility index (Phi) is 5.09. The summed E-state index contributed by atoms with van der Waals surface area (Å²) in [6.45, 7) is 2.85. The minimum absolute atomic E-state index is 0.000173. The van der Waals surface area contributed by atoms with Crippen molar-refractivity contribution in [1.82, 2.24) is 9.88 Å². The van der Waals surface area contributed by atoms with Crippen LogP contribution in [0.25, 0.3) is 5.70 Å². The molecule has 2 aromatic heterocycles. The molecule has 3 aliphatic heterocycles. The second-order valence-electron chi connectivity index (χ2n) is 8.45. The quantitative estimate of drug-likeness (QED) is 0.468. The minimum atomic E-state index is -0.357. The molecular weight excluding hydrogens is 444 g/mol. The number of amides is 1. The van der Waals surface area contributed by atoms with Gasteiger partial charge in [0.15, 0.2) is 12.0 Å². The molecule has 1 amide bonds. The molecule has 174 valence electrons. The Morgan fingerprint density at radius 1 is 1.03 bits per heavy atom. The molecule has 1 atom stereocenters. The number of nitrogens with zero attached hydrogens (tertiary/aromatic N) is 7. The number of aromatic nitrogens is 1. The fraction of sp³-hybridized carbons (Fsp3) is 0.160. The lowest BCUT2D eigenvalue weighted by atomic mass is 10.1. The number of nitrogens with two attached hydrogens (primary N) is 1. The number of fused-ring (bicyclic) bond motifs is 1. The van der Waals surface area contributed by atoms with Crippen LogP contribution < -0.4 is 10.7 Å². The average Bonchev–Trinajstić information content (AvgIpc) is 3.56. The number of hydrogen-bond donors (Lipinski definition) is 1. The van der Waals surface area contributed by atoms with Crippen molar-refractivity contribution in [3.8, 4) is 0 Å². The normalized spacial score (nSPS) is 21.3. The molecule has 6 rings (SSSR count). The lowest BCUT2D eigenvalue weighted by Crippen LogP contribution is -2.50. The third-order valence-corrected chi connectivity index (χ3v) is 6.23. The van der Waals surface area contributed by atoms with E-state index in [-0.39, 0.29) is 10.6 Å². The lowest BCUT2D eigenvalue weighted by Gasteiger charge is -2.36. The minimum Gasteiger partial charge on any atom is -0.461 e. The van der Waals surface area contributed by atoms with E-state index < -0.39 is 0 Å². The number of anilines is 1. The summed E-state index contributed by atoms with van der Waals surface area (Å²) >= 11 is 0. The fourth-order valence-electron chi connectivity index (χ4n) is 4.36. The summed E-state index contributed by atoms with van der Waals surface area (Å²) in [5.74, 6) is 7.92. The van der Waals surface area contributed by atoms with Crippen molar-refractivity contribution in [2.24, 2.45) is 20.9 Å². The number of hydrogen-bond acceptors (Lipinski definition) is 8. The van der Waals surface area contributed by atoms with Gasteiger partial charge in [-0.25, -0.2) is 4.99 Å². The van der Waals surface area contributed by atoms with Gasteiger partial charge in [-0.15, -0.1) is 5.84 Å². The topological polar surface area (TPSA) is 113 Å². The van der Waals surface area contributed by atoms with E-state index in [1.807, 2.05) is 41.3 Å². The van der Waals surface area contributed by atoms with Gasteiger partial charge in [-0.2, -0.15) is 4.99 Å². The number of quaternary nitrogens is 1. The van der Waals surface area contributed by atoms with E-state index in [0.717, 1.165) is 24.3 Å². The van der Waals surface area contributed by atoms with Crippen LogP contribution in [0.2, 0.25) is 0 Å². The Morgan fingerprint density at radius 3 is 2.63 bits per heavy atom. The summed E-state index contributed by atoms with van der Waals surface area (Å²) in [7, 11) is 0. The molecular formula is C25H23N8O2+. The second kappa shape index (κ2) is 8.42. The molecule has 0 aliphatic carbocycles. The molecule has 35 heavy (non-hydrogen) atoms. The molecule has 3 aliphatic rings. The van der Waals surface area contributed by atoms with Gasteiger partial charge in [-0.05, 0) is 46.2 Å². The number of piperazine rings is 1. The van der Waals surface area contributed by atoms with Crippen molar-refractivity contribution in [2.45, 2.75) is 0 Å². The third kappa shape index (κ3) is 3.94. The van der Waals surface area contributed by atoms with E-state index in [2.05, 4.69) is 25.0 Å². The zero-order chi connectivity index (χ0) is 23.8. The molecule has 1 aromatic carbocycles. The first kappa shape index (κ1) is 21.1. The van der Waals surface area contributed by atoms with Crippen LogP contribution in [0, 0.1) is 0 Å². The molecule has 0 saturated carbocycles. The van der Waals surface area contributed by atoms with Crippen molar-refractivity contribution in [3.63, 3.8) is 0 Å². The van der Waals surface area contributed by atoms with Crippen molar-refractivity contribution in [3.05, 3.63) is 90.3 Å². The first-order valence-corrected chi connectivity index (χ1v) is 11.3. The number of amidine groups is 2. The van der Waals surface area contributed by atoms with Crippen LogP contribution in [0.1, 0.15) is 21.7 Å². The smallest absolute Gasteiger partial charge is 0.300 e. The van der Waals surface area contributed by atoms with Crippen molar-refractivity contribution >= 4 is 35.2 Å². The number of furan rings is 1. The molecule has 10 nitrogen and oxygen atoms in total. The van der Waals surface area contributed by atoms with Crippen LogP contribution in [0.15, 0.2) is 92.9 Å². The highest BCUT2D eigenvalue weighted by Crippen LogP contribution is 2.27. The first-order chi connectivity index (χ1) is 17.1. The Morgan fingerprint density at radius 2 is 1.86 bits per heavy atom. The van der Waals surface area contributed by atoms with E-state index in [1.54, 1.807) is 43.2 Å². The number of carbonyl (C=O) groups is 1. The number of aliphatic imine (C=N–C) groups is 2. The standard InChI is InChI=1S/C25H23N8O2/c26-33-17-21(28-16-23(33)29-24(30-33)22-5-2-14-35-22)18-3-1-4-19(15-18)25(34)32-12-10-31(11-13-32)20-6-8-27-9-7-20/h1-9,14-17H,10-13,26H2/q+1. The van der Waals surface area contributed by atoms with Crippen molar-refractivity contribution < 1.29 is 13.9 Å². The van der Waals surface area contributed by atoms with E-state index in [4.69, 9.17) is 10.3 Å². The predicted octanol–water partition coefficient (Wildman–Crippen LogP) is 2.48. The van der Waals surface area contributed by atoms with Gasteiger partial charge >= 0.3 is 0 Å². The molecule has 3 aromatic rings. The van der Waals surface area contributed by atoms with Gasteiger partial charge in [-0.3, -0.25) is 9.78 Å². The van der Waals surface area contributed by atoms with Crippen LogP contribution >= 0.6 is 0 Å². The summed E-state index contributed by atoms with van der Waals surface area (Å²) in [4.78, 5) is 30.5. The Bertz CT molecular complexity index is 1390. The summed E-state index contributed by atoms with van der Waals surface area (Å²) in [6, 6.07) is 15.0. The van der Waals surface area contributed by atoms with E-state index in [0.29, 0.717) is 41.8 Å². The molecule has 10 heteroatoms. The lowest BCUT2D eigenvalue weighted by molar-refractivity contribution is -0.802. The number of pyridine rings is 1. The van der Waals surface area contributed by atoms with Crippen molar-refractivity contribution in [2.75, 3.05) is 31.1 Å². The largest absolute Gasteiger partial charge is 0.461 e. The SMILES string of the molecule is N[N+]12C=C(c3cccc(C(=O)N4CCN(c5ccncc5)CC4)c3)N=CC1=NC(c1ccco1)=N2. The maximum absolute atomic E-state index is 13.3. The Balaban J connectivity index is 1.19. The van der Waals surface area contributed by atoms with Crippen LogP contribution in [0.5, 0.6) is 0 Å². The Hall–Kier alpha value is -4.41. The average molecular weight is 468 g/mol. The van der Waals surface area contributed by atoms with E-state index in [9.17, 15) is 4.79 Å². The third-order valence-electron chi connectivity index (χ3n) is 6.23. The summed E-state index contributed by atoms with van der Waals surface area (Å²) in [5.41, 5.74) is 3.14. The number of carbonyl (C=O) groups excluding carboxylic acids is 1. The maximum Gasteiger partial charge on any atom is 0.300 e. The van der Waals surface area contributed by atoms with Gasteiger partial charge in [0.1, 0.15) is 11.9 Å².